The predicted molar refractivity (Wildman–Crippen MR) is 201 cm³/mol. The van der Waals surface area contributed by atoms with Crippen LogP contribution in [0.4, 0.5) is 5.69 Å². The van der Waals surface area contributed by atoms with E-state index in [9.17, 15) is 5.26 Å². The molecule has 258 valence electrons. The van der Waals surface area contributed by atoms with Gasteiger partial charge >= 0.3 is 0 Å². The lowest BCUT2D eigenvalue weighted by Gasteiger charge is -2.39. The summed E-state index contributed by atoms with van der Waals surface area (Å²) in [5.41, 5.74) is 8.29. The maximum Gasteiger partial charge on any atom is 0.178 e. The van der Waals surface area contributed by atoms with Crippen molar-refractivity contribution in [2.24, 2.45) is 0 Å². The second-order valence-corrected chi connectivity index (χ2v) is 13.5. The molecule has 0 amide bonds. The van der Waals surface area contributed by atoms with Crippen LogP contribution in [0.5, 0.6) is 23.0 Å². The lowest BCUT2D eigenvalue weighted by atomic mass is 9.71. The van der Waals surface area contributed by atoms with Gasteiger partial charge in [-0.05, 0) is 95.1 Å². The molecule has 2 heterocycles. The maximum atomic E-state index is 10.0. The molecule has 0 spiro atoms. The van der Waals surface area contributed by atoms with Crippen LogP contribution in [-0.2, 0) is 15.8 Å². The summed E-state index contributed by atoms with van der Waals surface area (Å²) in [5.74, 6) is 3.15. The zero-order chi connectivity index (χ0) is 35.3. The first-order valence-electron chi connectivity index (χ1n) is 17.7. The number of methoxy groups -OCH3 is 3. The van der Waals surface area contributed by atoms with Gasteiger partial charge in [0.2, 0.25) is 0 Å². The highest BCUT2D eigenvalue weighted by atomic mass is 16.5. The van der Waals surface area contributed by atoms with Gasteiger partial charge in [-0.2, -0.15) is 5.26 Å². The second-order valence-electron chi connectivity index (χ2n) is 13.5. The van der Waals surface area contributed by atoms with Crippen LogP contribution in [-0.4, -0.2) is 47.6 Å². The van der Waals surface area contributed by atoms with Gasteiger partial charge in [0.05, 0.1) is 51.9 Å². The quantitative estimate of drug-likeness (QED) is 0.162. The van der Waals surface area contributed by atoms with Crippen LogP contribution in [0.25, 0.3) is 28.0 Å². The fourth-order valence-corrected chi connectivity index (χ4v) is 8.65. The van der Waals surface area contributed by atoms with Crippen LogP contribution in [0.1, 0.15) is 60.1 Å². The first kappa shape index (κ1) is 32.7. The molecule has 5 aromatic rings. The van der Waals surface area contributed by atoms with Crippen LogP contribution < -0.4 is 23.8 Å². The molecule has 0 radical (unpaired) electrons. The Labute approximate surface area is 299 Å². The fraction of sp³-hybridized carbons (Fsp3) is 0.295. The third-order valence-corrected chi connectivity index (χ3v) is 11.4. The monoisotopic (exact) mass is 678 g/mol. The normalized spacial score (nSPS) is 16.4. The lowest BCUT2D eigenvalue weighted by molar-refractivity contribution is 0.122. The van der Waals surface area contributed by atoms with Gasteiger partial charge < -0.3 is 28.6 Å². The molecule has 0 N–H and O–H groups in total. The van der Waals surface area contributed by atoms with E-state index < -0.39 is 5.60 Å². The summed E-state index contributed by atoms with van der Waals surface area (Å²) >= 11 is 0. The number of hydrogen-bond donors (Lipinski definition) is 0. The highest BCUT2D eigenvalue weighted by molar-refractivity contribution is 6.10. The van der Waals surface area contributed by atoms with E-state index in [1.807, 2.05) is 30.3 Å². The highest BCUT2D eigenvalue weighted by Gasteiger charge is 2.47. The summed E-state index contributed by atoms with van der Waals surface area (Å²) in [6, 6.07) is 29.3. The summed E-state index contributed by atoms with van der Waals surface area (Å²) in [6.45, 7) is 7.41. The van der Waals surface area contributed by atoms with E-state index >= 15 is 0 Å². The number of nitrogens with zero attached hydrogens (tertiary/aromatic N) is 2. The molecular weight excluding hydrogens is 636 g/mol. The number of anilines is 1. The summed E-state index contributed by atoms with van der Waals surface area (Å²) in [4.78, 5) is 2.36. The van der Waals surface area contributed by atoms with Crippen molar-refractivity contribution in [1.82, 2.24) is 0 Å². The number of benzene rings is 5. The summed E-state index contributed by atoms with van der Waals surface area (Å²) in [7, 11) is 5.10. The number of hydrogen-bond acceptors (Lipinski definition) is 7. The van der Waals surface area contributed by atoms with Gasteiger partial charge in [-0.3, -0.25) is 0 Å². The van der Waals surface area contributed by atoms with Gasteiger partial charge in [0.25, 0.3) is 0 Å². The number of ether oxygens (including phenoxy) is 5. The molecule has 2 aliphatic heterocycles. The van der Waals surface area contributed by atoms with E-state index in [1.54, 1.807) is 21.3 Å². The Morgan fingerprint density at radius 2 is 1.43 bits per heavy atom. The number of nitriles is 1. The van der Waals surface area contributed by atoms with E-state index in [4.69, 9.17) is 23.7 Å². The van der Waals surface area contributed by atoms with Crippen LogP contribution >= 0.6 is 0 Å². The van der Waals surface area contributed by atoms with Gasteiger partial charge in [0.15, 0.2) is 5.60 Å². The van der Waals surface area contributed by atoms with E-state index in [0.29, 0.717) is 18.8 Å². The average Bonchev–Trinajstić information content (AvgIpc) is 3.50. The Bertz CT molecular complexity index is 2160. The largest absolute Gasteiger partial charge is 0.497 e. The molecule has 0 atom stereocenters. The third-order valence-electron chi connectivity index (χ3n) is 11.4. The molecule has 3 aliphatic rings. The third kappa shape index (κ3) is 4.88. The van der Waals surface area contributed by atoms with Crippen LogP contribution in [0, 0.1) is 11.3 Å². The van der Waals surface area contributed by atoms with Crippen molar-refractivity contribution < 1.29 is 23.7 Å². The first-order chi connectivity index (χ1) is 24.9. The smallest absolute Gasteiger partial charge is 0.178 e. The average molecular weight is 679 g/mol. The van der Waals surface area contributed by atoms with Gasteiger partial charge in [0.1, 0.15) is 23.0 Å². The van der Waals surface area contributed by atoms with Gasteiger partial charge in [0, 0.05) is 40.6 Å². The SMILES string of the molecule is CCC1(CC)c2cc(C#N)ccc2-c2c1c1c(c3cc(OC)c(N4CCOCC4)cc23)OC(c2ccc(OC)cc2)(c2ccc(OC)cc2)C=C1. The predicted octanol–water partition coefficient (Wildman–Crippen LogP) is 9.01. The zero-order valence-electron chi connectivity index (χ0n) is 29.8. The first-order valence-corrected chi connectivity index (χ1v) is 17.7. The Morgan fingerprint density at radius 3 is 2.00 bits per heavy atom. The molecule has 5 aromatic carbocycles. The van der Waals surface area contributed by atoms with Gasteiger partial charge in [-0.1, -0.05) is 50.3 Å². The molecule has 0 unspecified atom stereocenters. The molecule has 7 nitrogen and oxygen atoms in total. The minimum atomic E-state index is -0.955. The second kappa shape index (κ2) is 12.7. The zero-order valence-corrected chi connectivity index (χ0v) is 29.8. The lowest BCUT2D eigenvalue weighted by Crippen LogP contribution is -2.36. The number of rotatable bonds is 8. The summed E-state index contributed by atoms with van der Waals surface area (Å²) < 4.78 is 30.6. The molecule has 7 heteroatoms. The molecule has 0 saturated carbocycles. The molecule has 1 aliphatic carbocycles. The van der Waals surface area contributed by atoms with E-state index in [-0.39, 0.29) is 5.41 Å². The number of fused-ring (bicyclic) bond motifs is 8. The standard InChI is InChI=1S/C44H42N2O5/c1-6-43(7-2)37-24-28(27-45)8-17-33(37)40-35-25-38(46-20-22-50-23-21-46)39(49-5)26-36(35)42-34(41(40)43)18-19-44(51-42,29-9-13-31(47-3)14-10-29)30-11-15-32(48-4)16-12-30/h8-19,24-26H,6-7,20-23H2,1-5H3. The van der Waals surface area contributed by atoms with Gasteiger partial charge in [-0.15, -0.1) is 0 Å². The van der Waals surface area contributed by atoms with Crippen molar-refractivity contribution in [2.75, 3.05) is 52.5 Å². The van der Waals surface area contributed by atoms with Crippen LogP contribution in [0.15, 0.2) is 84.9 Å². The van der Waals surface area contributed by atoms with E-state index in [2.05, 4.69) is 85.5 Å². The fourth-order valence-electron chi connectivity index (χ4n) is 8.65. The minimum Gasteiger partial charge on any atom is -0.497 e. The Morgan fingerprint density at radius 1 is 0.784 bits per heavy atom. The summed E-state index contributed by atoms with van der Waals surface area (Å²) in [5, 5.41) is 12.1. The Hall–Kier alpha value is -5.45. The molecule has 1 saturated heterocycles. The highest BCUT2D eigenvalue weighted by Crippen LogP contribution is 2.61. The van der Waals surface area contributed by atoms with Crippen molar-refractivity contribution in [3.8, 4) is 40.2 Å². The van der Waals surface area contributed by atoms with E-state index in [1.165, 1.54) is 22.3 Å². The summed E-state index contributed by atoms with van der Waals surface area (Å²) in [6.07, 6.45) is 6.22. The van der Waals surface area contributed by atoms with Crippen molar-refractivity contribution in [3.63, 3.8) is 0 Å². The Balaban J connectivity index is 1.47. The van der Waals surface area contributed by atoms with Crippen LogP contribution in [0.3, 0.4) is 0 Å². The van der Waals surface area contributed by atoms with Crippen molar-refractivity contribution in [2.45, 2.75) is 37.7 Å². The minimum absolute atomic E-state index is 0.317. The van der Waals surface area contributed by atoms with E-state index in [0.717, 1.165) is 82.1 Å². The Kier molecular flexibility index (Phi) is 8.16. The molecular formula is C44H42N2O5. The van der Waals surface area contributed by atoms with Gasteiger partial charge in [-0.25, -0.2) is 0 Å². The topological polar surface area (TPSA) is 73.2 Å². The molecule has 8 rings (SSSR count). The van der Waals surface area contributed by atoms with Crippen molar-refractivity contribution >= 4 is 22.5 Å². The molecule has 51 heavy (non-hydrogen) atoms. The maximum absolute atomic E-state index is 10.0. The number of morpholine rings is 1. The van der Waals surface area contributed by atoms with Crippen molar-refractivity contribution in [1.29, 1.82) is 5.26 Å². The molecule has 1 fully saturated rings. The van der Waals surface area contributed by atoms with Crippen molar-refractivity contribution in [3.05, 3.63) is 118 Å². The molecule has 0 aromatic heterocycles. The van der Waals surface area contributed by atoms with Crippen LogP contribution in [0.2, 0.25) is 0 Å². The molecule has 0 bridgehead atoms.